The summed E-state index contributed by atoms with van der Waals surface area (Å²) in [6.07, 6.45) is 1.01. The fraction of sp³-hybridized carbons (Fsp3) is 0.714. The van der Waals surface area contributed by atoms with Crippen LogP contribution in [0, 0.1) is 12.3 Å². The maximum Gasteiger partial charge on any atom is 0.357 e. The van der Waals surface area contributed by atoms with Crippen molar-refractivity contribution in [1.82, 2.24) is 4.98 Å². The number of esters is 1. The number of rotatable bonds is 4. The van der Waals surface area contributed by atoms with Crippen LogP contribution in [0.4, 0.5) is 5.13 Å². The molecule has 1 N–H and O–H groups in total. The molecule has 0 unspecified atom stereocenters. The predicted molar refractivity (Wildman–Crippen MR) is 80.0 cm³/mol. The van der Waals surface area contributed by atoms with Gasteiger partial charge in [0, 0.05) is 10.4 Å². The van der Waals surface area contributed by atoms with E-state index >= 15 is 0 Å². The molecule has 0 aliphatic carbocycles. The van der Waals surface area contributed by atoms with Gasteiger partial charge in [-0.25, -0.2) is 9.78 Å². The van der Waals surface area contributed by atoms with Crippen LogP contribution in [0.25, 0.3) is 0 Å². The minimum absolute atomic E-state index is 0.0735. The molecule has 0 atom stereocenters. The lowest BCUT2D eigenvalue weighted by molar-refractivity contribution is 0.0594. The Morgan fingerprint density at radius 3 is 2.37 bits per heavy atom. The Labute approximate surface area is 119 Å². The van der Waals surface area contributed by atoms with Crippen LogP contribution < -0.4 is 5.32 Å². The Morgan fingerprint density at radius 1 is 1.32 bits per heavy atom. The summed E-state index contributed by atoms with van der Waals surface area (Å²) in [6.45, 7) is 12.8. The van der Waals surface area contributed by atoms with Crippen molar-refractivity contribution in [3.05, 3.63) is 10.6 Å². The van der Waals surface area contributed by atoms with Gasteiger partial charge in [0.05, 0.1) is 7.11 Å². The van der Waals surface area contributed by atoms with Crippen molar-refractivity contribution in [3.63, 3.8) is 0 Å². The molecule has 0 aliphatic heterocycles. The highest BCUT2D eigenvalue weighted by Gasteiger charge is 2.27. The van der Waals surface area contributed by atoms with Gasteiger partial charge in [0.1, 0.15) is 0 Å². The summed E-state index contributed by atoms with van der Waals surface area (Å²) in [5, 5.41) is 4.19. The second-order valence-corrected chi connectivity index (χ2v) is 7.86. The molecule has 1 rings (SSSR count). The molecule has 0 bridgehead atoms. The Bertz CT molecular complexity index is 459. The van der Waals surface area contributed by atoms with Crippen molar-refractivity contribution in [1.29, 1.82) is 0 Å². The van der Waals surface area contributed by atoms with Crippen LogP contribution in [-0.4, -0.2) is 23.6 Å². The monoisotopic (exact) mass is 284 g/mol. The summed E-state index contributed by atoms with van der Waals surface area (Å²) in [5.74, 6) is -0.379. The molecular weight excluding hydrogens is 260 g/mol. The predicted octanol–water partition coefficient (Wildman–Crippen LogP) is 3.86. The molecule has 1 heterocycles. The zero-order chi connectivity index (χ0) is 14.8. The van der Waals surface area contributed by atoms with Gasteiger partial charge in [-0.3, -0.25) is 0 Å². The molecule has 0 fully saturated rings. The topological polar surface area (TPSA) is 51.2 Å². The van der Waals surface area contributed by atoms with Gasteiger partial charge in [0.25, 0.3) is 0 Å². The molecular formula is C14H24N2O2S. The number of aromatic nitrogens is 1. The van der Waals surface area contributed by atoms with Gasteiger partial charge in [0.15, 0.2) is 10.8 Å². The lowest BCUT2D eigenvalue weighted by Crippen LogP contribution is -2.35. The van der Waals surface area contributed by atoms with E-state index in [-0.39, 0.29) is 16.9 Å². The Kier molecular flexibility index (Phi) is 4.61. The van der Waals surface area contributed by atoms with E-state index < -0.39 is 0 Å². The maximum atomic E-state index is 11.5. The maximum absolute atomic E-state index is 11.5. The Hall–Kier alpha value is -1.10. The van der Waals surface area contributed by atoms with Crippen molar-refractivity contribution in [2.75, 3.05) is 12.4 Å². The number of aryl methyl sites for hydroxylation is 1. The van der Waals surface area contributed by atoms with Crippen molar-refractivity contribution >= 4 is 22.4 Å². The summed E-state index contributed by atoms with van der Waals surface area (Å²) in [7, 11) is 1.37. The van der Waals surface area contributed by atoms with Crippen molar-refractivity contribution in [2.45, 2.75) is 53.5 Å². The van der Waals surface area contributed by atoms with Gasteiger partial charge >= 0.3 is 5.97 Å². The smallest absolute Gasteiger partial charge is 0.357 e. The van der Waals surface area contributed by atoms with Crippen molar-refractivity contribution < 1.29 is 9.53 Å². The fourth-order valence-corrected chi connectivity index (χ4v) is 3.38. The van der Waals surface area contributed by atoms with E-state index in [9.17, 15) is 4.79 Å². The lowest BCUT2D eigenvalue weighted by Gasteiger charge is -2.33. The second-order valence-electron chi connectivity index (χ2n) is 6.66. The average Bonchev–Trinajstić information content (AvgIpc) is 2.53. The number of ether oxygens (including phenoxy) is 1. The highest BCUT2D eigenvalue weighted by molar-refractivity contribution is 7.15. The second kappa shape index (κ2) is 5.49. The van der Waals surface area contributed by atoms with E-state index in [1.165, 1.54) is 18.4 Å². The molecule has 0 saturated carbocycles. The van der Waals surface area contributed by atoms with Crippen LogP contribution in [0.2, 0.25) is 0 Å². The standard InChI is InChI=1S/C14H24N2O2S/c1-9-10(11(17)18-7)15-12(19-9)16-14(5,6)8-13(2,3)4/h8H2,1-7H3,(H,15,16). The fourth-order valence-electron chi connectivity index (χ4n) is 2.40. The summed E-state index contributed by atoms with van der Waals surface area (Å²) < 4.78 is 4.72. The highest BCUT2D eigenvalue weighted by atomic mass is 32.1. The van der Waals surface area contributed by atoms with Crippen molar-refractivity contribution in [3.8, 4) is 0 Å². The van der Waals surface area contributed by atoms with Gasteiger partial charge in [-0.1, -0.05) is 20.8 Å². The van der Waals surface area contributed by atoms with Crippen LogP contribution in [0.3, 0.4) is 0 Å². The van der Waals surface area contributed by atoms with Crippen LogP contribution in [0.5, 0.6) is 0 Å². The molecule has 0 amide bonds. The summed E-state index contributed by atoms with van der Waals surface area (Å²) in [5.41, 5.74) is 0.561. The minimum Gasteiger partial charge on any atom is -0.464 e. The molecule has 19 heavy (non-hydrogen) atoms. The Morgan fingerprint density at radius 2 is 1.89 bits per heavy atom. The van der Waals surface area contributed by atoms with E-state index in [0.29, 0.717) is 5.69 Å². The average molecular weight is 284 g/mol. The molecule has 4 nitrogen and oxygen atoms in total. The normalized spacial score (nSPS) is 12.4. The molecule has 108 valence electrons. The van der Waals surface area contributed by atoms with Gasteiger partial charge in [-0.15, -0.1) is 11.3 Å². The number of nitrogens with zero attached hydrogens (tertiary/aromatic N) is 1. The Balaban J connectivity index is 2.86. The number of hydrogen-bond donors (Lipinski definition) is 1. The third-order valence-electron chi connectivity index (χ3n) is 2.59. The van der Waals surface area contributed by atoms with E-state index in [1.54, 1.807) is 0 Å². The molecule has 0 aliphatic rings. The highest BCUT2D eigenvalue weighted by Crippen LogP contribution is 2.32. The SMILES string of the molecule is COC(=O)c1nc(NC(C)(C)CC(C)(C)C)sc1C. The molecule has 0 radical (unpaired) electrons. The molecule has 0 spiro atoms. The third kappa shape index (κ3) is 4.82. The molecule has 1 aromatic heterocycles. The van der Waals surface area contributed by atoms with Crippen molar-refractivity contribution in [2.24, 2.45) is 5.41 Å². The third-order valence-corrected chi connectivity index (χ3v) is 3.48. The minimum atomic E-state index is -0.379. The first-order chi connectivity index (χ1) is 8.54. The molecule has 0 saturated heterocycles. The van der Waals surface area contributed by atoms with E-state index in [4.69, 9.17) is 4.74 Å². The van der Waals surface area contributed by atoms with Gasteiger partial charge in [-0.2, -0.15) is 0 Å². The number of anilines is 1. The van der Waals surface area contributed by atoms with E-state index in [0.717, 1.165) is 16.4 Å². The van der Waals surface area contributed by atoms with E-state index in [2.05, 4.69) is 44.9 Å². The number of thiazole rings is 1. The quantitative estimate of drug-likeness (QED) is 0.853. The first kappa shape index (κ1) is 16.0. The molecule has 0 aromatic carbocycles. The summed E-state index contributed by atoms with van der Waals surface area (Å²) in [4.78, 5) is 16.7. The number of methoxy groups -OCH3 is 1. The summed E-state index contributed by atoms with van der Waals surface area (Å²) in [6, 6.07) is 0. The van der Waals surface area contributed by atoms with Crippen LogP contribution >= 0.6 is 11.3 Å². The van der Waals surface area contributed by atoms with Crippen LogP contribution in [0.1, 0.15) is 56.4 Å². The number of carbonyl (C=O) groups is 1. The number of hydrogen-bond acceptors (Lipinski definition) is 5. The van der Waals surface area contributed by atoms with Crippen LogP contribution in [0.15, 0.2) is 0 Å². The first-order valence-corrected chi connectivity index (χ1v) is 7.20. The molecule has 1 aromatic rings. The molecule has 5 heteroatoms. The van der Waals surface area contributed by atoms with Crippen LogP contribution in [-0.2, 0) is 4.74 Å². The van der Waals surface area contributed by atoms with Gasteiger partial charge in [0.2, 0.25) is 0 Å². The largest absolute Gasteiger partial charge is 0.464 e. The first-order valence-electron chi connectivity index (χ1n) is 6.38. The number of carbonyl (C=O) groups excluding carboxylic acids is 1. The zero-order valence-corrected chi connectivity index (χ0v) is 13.7. The van der Waals surface area contributed by atoms with E-state index in [1.807, 2.05) is 6.92 Å². The van der Waals surface area contributed by atoms with Gasteiger partial charge in [-0.05, 0) is 32.6 Å². The lowest BCUT2D eigenvalue weighted by atomic mass is 9.82. The number of nitrogens with one attached hydrogen (secondary N) is 1. The van der Waals surface area contributed by atoms with Gasteiger partial charge < -0.3 is 10.1 Å². The summed E-state index contributed by atoms with van der Waals surface area (Å²) >= 11 is 1.49. The zero-order valence-electron chi connectivity index (χ0n) is 12.9.